The van der Waals surface area contributed by atoms with Crippen LogP contribution in [0, 0.1) is 0 Å². The summed E-state index contributed by atoms with van der Waals surface area (Å²) in [6.07, 6.45) is 2.21. The van der Waals surface area contributed by atoms with E-state index in [-0.39, 0.29) is 11.1 Å². The van der Waals surface area contributed by atoms with Crippen LogP contribution in [0.15, 0.2) is 53.6 Å². The number of nitrogens with zero attached hydrogens (tertiary/aromatic N) is 3. The average Bonchev–Trinajstić information content (AvgIpc) is 2.92. The van der Waals surface area contributed by atoms with Gasteiger partial charge in [0.25, 0.3) is 0 Å². The van der Waals surface area contributed by atoms with Crippen molar-refractivity contribution in [2.24, 2.45) is 0 Å². The minimum atomic E-state index is -3.76. The third-order valence-electron chi connectivity index (χ3n) is 6.73. The molecular weight excluding hydrogens is 492 g/mol. The van der Waals surface area contributed by atoms with E-state index in [1.807, 2.05) is 26.0 Å². The standard InChI is InChI=1S/C27H36N4O5S/c1-5-36-24-10-11-26(22-7-6-13-28-27(22)24)37(32,33)29-20(2)31-17-15-30(16-18-31)14-12-21-8-9-23(34-3)25(19-21)35-4/h6-11,13,19-20,29H,5,12,14-18H2,1-4H3. The Labute approximate surface area is 219 Å². The zero-order chi connectivity index (χ0) is 26.4. The topological polar surface area (TPSA) is 93.2 Å². The van der Waals surface area contributed by atoms with Gasteiger partial charge in [0.2, 0.25) is 10.0 Å². The van der Waals surface area contributed by atoms with E-state index in [9.17, 15) is 8.42 Å². The summed E-state index contributed by atoms with van der Waals surface area (Å²) in [6.45, 7) is 8.49. The summed E-state index contributed by atoms with van der Waals surface area (Å²) in [5.41, 5.74) is 1.74. The molecule has 1 aliphatic rings. The van der Waals surface area contributed by atoms with Crippen LogP contribution in [-0.2, 0) is 16.4 Å². The van der Waals surface area contributed by atoms with E-state index in [2.05, 4.69) is 25.6 Å². The summed E-state index contributed by atoms with van der Waals surface area (Å²) in [6, 6.07) is 12.8. The van der Waals surface area contributed by atoms with Crippen LogP contribution >= 0.6 is 0 Å². The third kappa shape index (κ3) is 6.32. The van der Waals surface area contributed by atoms with Gasteiger partial charge in [-0.3, -0.25) is 9.88 Å². The van der Waals surface area contributed by atoms with Crippen LogP contribution in [0.2, 0.25) is 0 Å². The Kier molecular flexibility index (Phi) is 8.86. The SMILES string of the molecule is CCOc1ccc(S(=O)(=O)NC(C)N2CCN(CCc3ccc(OC)c(OC)c3)CC2)c2cccnc12. The molecule has 0 spiro atoms. The van der Waals surface area contributed by atoms with E-state index in [0.29, 0.717) is 23.3 Å². The highest BCUT2D eigenvalue weighted by molar-refractivity contribution is 7.89. The smallest absolute Gasteiger partial charge is 0.242 e. The molecule has 200 valence electrons. The van der Waals surface area contributed by atoms with E-state index >= 15 is 0 Å². The molecule has 1 fully saturated rings. The average molecular weight is 529 g/mol. The normalized spacial score (nSPS) is 16.0. The van der Waals surface area contributed by atoms with Crippen molar-refractivity contribution in [3.05, 3.63) is 54.2 Å². The van der Waals surface area contributed by atoms with E-state index < -0.39 is 10.0 Å². The highest BCUT2D eigenvalue weighted by atomic mass is 32.2. The minimum Gasteiger partial charge on any atom is -0.493 e. The molecule has 1 atom stereocenters. The molecule has 4 rings (SSSR count). The Bertz CT molecular complexity index is 1310. The number of fused-ring (bicyclic) bond motifs is 1. The van der Waals surface area contributed by atoms with Gasteiger partial charge in [-0.1, -0.05) is 6.07 Å². The lowest BCUT2D eigenvalue weighted by Crippen LogP contribution is -2.54. The lowest BCUT2D eigenvalue weighted by molar-refractivity contribution is 0.0988. The minimum absolute atomic E-state index is 0.208. The van der Waals surface area contributed by atoms with Crippen molar-refractivity contribution in [1.82, 2.24) is 19.5 Å². The van der Waals surface area contributed by atoms with E-state index in [1.54, 1.807) is 44.7 Å². The maximum atomic E-state index is 13.4. The van der Waals surface area contributed by atoms with Crippen molar-refractivity contribution in [2.45, 2.75) is 31.3 Å². The van der Waals surface area contributed by atoms with Gasteiger partial charge in [0.05, 0.1) is 31.9 Å². The van der Waals surface area contributed by atoms with Gasteiger partial charge in [-0.15, -0.1) is 0 Å². The molecule has 0 saturated carbocycles. The Balaban J connectivity index is 1.35. The third-order valence-corrected chi connectivity index (χ3v) is 8.31. The van der Waals surface area contributed by atoms with Gasteiger partial charge in [-0.05, 0) is 62.2 Å². The first-order valence-corrected chi connectivity index (χ1v) is 14.0. The van der Waals surface area contributed by atoms with E-state index in [0.717, 1.165) is 50.6 Å². The fraction of sp³-hybridized carbons (Fsp3) is 0.444. The lowest BCUT2D eigenvalue weighted by Gasteiger charge is -2.38. The molecule has 0 radical (unpaired) electrons. The van der Waals surface area contributed by atoms with Crippen LogP contribution in [0.4, 0.5) is 0 Å². The van der Waals surface area contributed by atoms with Crippen LogP contribution in [0.25, 0.3) is 10.9 Å². The largest absolute Gasteiger partial charge is 0.493 e. The monoisotopic (exact) mass is 528 g/mol. The van der Waals surface area contributed by atoms with Crippen molar-refractivity contribution >= 4 is 20.9 Å². The molecule has 2 heterocycles. The summed E-state index contributed by atoms with van der Waals surface area (Å²) >= 11 is 0. The number of hydrogen-bond acceptors (Lipinski definition) is 8. The Morgan fingerprint density at radius 3 is 2.43 bits per heavy atom. The molecule has 0 amide bonds. The second kappa shape index (κ2) is 12.1. The summed E-state index contributed by atoms with van der Waals surface area (Å²) in [5.74, 6) is 2.04. The zero-order valence-corrected chi connectivity index (χ0v) is 22.8. The molecule has 1 N–H and O–H groups in total. The Morgan fingerprint density at radius 2 is 1.73 bits per heavy atom. The van der Waals surface area contributed by atoms with E-state index in [4.69, 9.17) is 14.2 Å². The van der Waals surface area contributed by atoms with Crippen molar-refractivity contribution in [1.29, 1.82) is 0 Å². The fourth-order valence-corrected chi connectivity index (χ4v) is 6.11. The molecule has 2 aromatic carbocycles. The number of nitrogens with one attached hydrogen (secondary N) is 1. The number of methoxy groups -OCH3 is 2. The van der Waals surface area contributed by atoms with Gasteiger partial charge in [-0.25, -0.2) is 8.42 Å². The number of pyridine rings is 1. The van der Waals surface area contributed by atoms with Crippen molar-refractivity contribution in [3.8, 4) is 17.2 Å². The molecule has 37 heavy (non-hydrogen) atoms. The molecule has 1 unspecified atom stereocenters. The van der Waals surface area contributed by atoms with Crippen LogP contribution in [0.1, 0.15) is 19.4 Å². The number of aromatic nitrogens is 1. The predicted molar refractivity (Wildman–Crippen MR) is 144 cm³/mol. The lowest BCUT2D eigenvalue weighted by atomic mass is 10.1. The van der Waals surface area contributed by atoms with Gasteiger partial charge >= 0.3 is 0 Å². The van der Waals surface area contributed by atoms with Crippen molar-refractivity contribution < 1.29 is 22.6 Å². The molecule has 1 aliphatic heterocycles. The highest BCUT2D eigenvalue weighted by Crippen LogP contribution is 2.30. The maximum absolute atomic E-state index is 13.4. The highest BCUT2D eigenvalue weighted by Gasteiger charge is 2.27. The van der Waals surface area contributed by atoms with Crippen LogP contribution < -0.4 is 18.9 Å². The molecular formula is C27H36N4O5S. The number of hydrogen-bond donors (Lipinski definition) is 1. The van der Waals surface area contributed by atoms with Crippen LogP contribution in [-0.4, -0.2) is 82.9 Å². The van der Waals surface area contributed by atoms with Gasteiger partial charge in [0.15, 0.2) is 11.5 Å². The number of piperazine rings is 1. The summed E-state index contributed by atoms with van der Waals surface area (Å²) < 4.78 is 45.9. The summed E-state index contributed by atoms with van der Waals surface area (Å²) in [5, 5.41) is 0.549. The number of sulfonamides is 1. The molecule has 10 heteroatoms. The van der Waals surface area contributed by atoms with Crippen molar-refractivity contribution in [2.75, 3.05) is 53.6 Å². The molecule has 1 aromatic heterocycles. The second-order valence-electron chi connectivity index (χ2n) is 9.01. The number of rotatable bonds is 11. The van der Waals surface area contributed by atoms with Gasteiger partial charge < -0.3 is 19.1 Å². The van der Waals surface area contributed by atoms with Gasteiger partial charge in [0, 0.05) is 44.3 Å². The first-order valence-electron chi connectivity index (χ1n) is 12.6. The molecule has 3 aromatic rings. The molecule has 0 aliphatic carbocycles. The van der Waals surface area contributed by atoms with Gasteiger partial charge in [-0.2, -0.15) is 4.72 Å². The Morgan fingerprint density at radius 1 is 1.00 bits per heavy atom. The van der Waals surface area contributed by atoms with Crippen LogP contribution in [0.3, 0.4) is 0 Å². The second-order valence-corrected chi connectivity index (χ2v) is 10.7. The maximum Gasteiger partial charge on any atom is 0.242 e. The molecule has 9 nitrogen and oxygen atoms in total. The predicted octanol–water partition coefficient (Wildman–Crippen LogP) is 3.14. The summed E-state index contributed by atoms with van der Waals surface area (Å²) in [4.78, 5) is 9.14. The fourth-order valence-electron chi connectivity index (χ4n) is 4.69. The Hall–Kier alpha value is -2.92. The zero-order valence-electron chi connectivity index (χ0n) is 21.9. The van der Waals surface area contributed by atoms with Crippen LogP contribution in [0.5, 0.6) is 17.2 Å². The first-order chi connectivity index (χ1) is 17.9. The number of ether oxygens (including phenoxy) is 3. The van der Waals surface area contributed by atoms with Gasteiger partial charge in [0.1, 0.15) is 11.3 Å². The molecule has 1 saturated heterocycles. The quantitative estimate of drug-likeness (QED) is 0.406. The first kappa shape index (κ1) is 27.1. The number of benzene rings is 2. The summed E-state index contributed by atoms with van der Waals surface area (Å²) in [7, 11) is -0.483. The molecule has 0 bridgehead atoms. The van der Waals surface area contributed by atoms with E-state index in [1.165, 1.54) is 5.56 Å². The van der Waals surface area contributed by atoms with Crippen molar-refractivity contribution in [3.63, 3.8) is 0 Å².